The van der Waals surface area contributed by atoms with Crippen LogP contribution in [0.2, 0.25) is 0 Å². The third kappa shape index (κ3) is 3.03. The summed E-state index contributed by atoms with van der Waals surface area (Å²) in [7, 11) is -3.36. The molecular formula is C14H21NO4S2. The van der Waals surface area contributed by atoms with Gasteiger partial charge in [0.25, 0.3) is 10.0 Å². The Bertz CT molecular complexity index is 558. The average molecular weight is 331 g/mol. The molecule has 118 valence electrons. The Kier molecular flexibility index (Phi) is 4.66. The zero-order valence-electron chi connectivity index (χ0n) is 12.1. The lowest BCUT2D eigenvalue weighted by Gasteiger charge is -2.35. The Morgan fingerprint density at radius 1 is 1.43 bits per heavy atom. The molecule has 0 radical (unpaired) electrons. The van der Waals surface area contributed by atoms with Crippen molar-refractivity contribution in [3.8, 4) is 0 Å². The highest BCUT2D eigenvalue weighted by atomic mass is 32.2. The lowest BCUT2D eigenvalue weighted by molar-refractivity contribution is -0.0923. The molecule has 3 atom stereocenters. The maximum absolute atomic E-state index is 12.7. The van der Waals surface area contributed by atoms with Gasteiger partial charge in [-0.25, -0.2) is 8.42 Å². The van der Waals surface area contributed by atoms with Crippen LogP contribution < -0.4 is 0 Å². The summed E-state index contributed by atoms with van der Waals surface area (Å²) in [6, 6.07) is 3.44. The van der Waals surface area contributed by atoms with E-state index in [-0.39, 0.29) is 18.2 Å². The second-order valence-electron chi connectivity index (χ2n) is 5.44. The van der Waals surface area contributed by atoms with Crippen molar-refractivity contribution in [3.05, 3.63) is 17.5 Å². The second kappa shape index (κ2) is 6.34. The monoisotopic (exact) mass is 331 g/mol. The average Bonchev–Trinajstić information content (AvgIpc) is 3.14. The molecule has 2 aliphatic rings. The van der Waals surface area contributed by atoms with Crippen LogP contribution in [0.5, 0.6) is 0 Å². The summed E-state index contributed by atoms with van der Waals surface area (Å²) in [6.45, 7) is 3.82. The van der Waals surface area contributed by atoms with Crippen LogP contribution in [0.15, 0.2) is 21.7 Å². The fourth-order valence-corrected chi connectivity index (χ4v) is 5.97. The minimum Gasteiger partial charge on any atom is -0.379 e. The first-order valence-electron chi connectivity index (χ1n) is 7.41. The van der Waals surface area contributed by atoms with Crippen LogP contribution >= 0.6 is 11.3 Å². The molecule has 0 saturated carbocycles. The van der Waals surface area contributed by atoms with Gasteiger partial charge in [-0.05, 0) is 37.6 Å². The van der Waals surface area contributed by atoms with Crippen molar-refractivity contribution in [3.63, 3.8) is 0 Å². The molecule has 7 heteroatoms. The van der Waals surface area contributed by atoms with E-state index in [4.69, 9.17) is 9.47 Å². The van der Waals surface area contributed by atoms with Crippen LogP contribution in [0.1, 0.15) is 26.2 Å². The van der Waals surface area contributed by atoms with Gasteiger partial charge in [-0.3, -0.25) is 0 Å². The molecule has 2 saturated heterocycles. The third-order valence-electron chi connectivity index (χ3n) is 4.15. The highest BCUT2D eigenvalue weighted by Gasteiger charge is 2.45. The van der Waals surface area contributed by atoms with Crippen LogP contribution in [-0.2, 0) is 19.5 Å². The Hall–Kier alpha value is -0.470. The van der Waals surface area contributed by atoms with Crippen molar-refractivity contribution in [2.24, 2.45) is 0 Å². The molecule has 1 aromatic rings. The predicted molar refractivity (Wildman–Crippen MR) is 81.0 cm³/mol. The standard InChI is InChI=1S/C14H21NO4S2/c1-2-18-10-11-5-6-12-13(19-11)7-8-15(12)21(16,17)14-4-3-9-20-14/h3-4,9,11-13H,2,5-8,10H2,1H3/t11-,12+,13+/m1/s1. The van der Waals surface area contributed by atoms with Crippen LogP contribution in [-0.4, -0.2) is 50.7 Å². The first-order chi connectivity index (χ1) is 10.1. The van der Waals surface area contributed by atoms with Gasteiger partial charge in [0.15, 0.2) is 0 Å². The fraction of sp³-hybridized carbons (Fsp3) is 0.714. The molecule has 3 heterocycles. The highest BCUT2D eigenvalue weighted by molar-refractivity contribution is 7.91. The lowest BCUT2D eigenvalue weighted by atomic mass is 10.0. The maximum Gasteiger partial charge on any atom is 0.252 e. The first-order valence-corrected chi connectivity index (χ1v) is 9.73. The molecule has 2 fully saturated rings. The zero-order chi connectivity index (χ0) is 14.9. The van der Waals surface area contributed by atoms with E-state index in [1.165, 1.54) is 11.3 Å². The van der Waals surface area contributed by atoms with Crippen molar-refractivity contribution < 1.29 is 17.9 Å². The Morgan fingerprint density at radius 3 is 3.00 bits per heavy atom. The number of thiophene rings is 1. The first kappa shape index (κ1) is 15.4. The summed E-state index contributed by atoms with van der Waals surface area (Å²) in [5.41, 5.74) is 0. The van der Waals surface area contributed by atoms with E-state index in [2.05, 4.69) is 0 Å². The quantitative estimate of drug-likeness (QED) is 0.829. The maximum atomic E-state index is 12.7. The third-order valence-corrected chi connectivity index (χ3v) is 7.45. The van der Waals surface area contributed by atoms with Gasteiger partial charge in [-0.2, -0.15) is 4.31 Å². The van der Waals surface area contributed by atoms with E-state index >= 15 is 0 Å². The topological polar surface area (TPSA) is 55.8 Å². The van der Waals surface area contributed by atoms with E-state index in [1.54, 1.807) is 21.8 Å². The molecular weight excluding hydrogens is 310 g/mol. The Morgan fingerprint density at radius 2 is 2.29 bits per heavy atom. The van der Waals surface area contributed by atoms with Gasteiger partial charge in [0, 0.05) is 13.2 Å². The minimum atomic E-state index is -3.36. The van der Waals surface area contributed by atoms with Gasteiger partial charge in [0.2, 0.25) is 0 Å². The number of hydrogen-bond donors (Lipinski definition) is 0. The SMILES string of the molecule is CCOC[C@H]1CC[C@H]2[C@H](CCN2S(=O)(=O)c2cccs2)O1. The Labute approximate surface area is 129 Å². The summed E-state index contributed by atoms with van der Waals surface area (Å²) < 4.78 is 38.8. The fourth-order valence-electron chi connectivity index (χ4n) is 3.15. The molecule has 0 aliphatic carbocycles. The van der Waals surface area contributed by atoms with E-state index in [0.717, 1.165) is 19.3 Å². The van der Waals surface area contributed by atoms with Crippen LogP contribution in [0.3, 0.4) is 0 Å². The van der Waals surface area contributed by atoms with Gasteiger partial charge in [0.1, 0.15) is 4.21 Å². The number of hydrogen-bond acceptors (Lipinski definition) is 5. The molecule has 0 spiro atoms. The summed E-state index contributed by atoms with van der Waals surface area (Å²) >= 11 is 1.28. The highest BCUT2D eigenvalue weighted by Crippen LogP contribution is 2.36. The largest absolute Gasteiger partial charge is 0.379 e. The van der Waals surface area contributed by atoms with Gasteiger partial charge in [-0.1, -0.05) is 6.07 Å². The molecule has 0 amide bonds. The molecule has 0 bridgehead atoms. The van der Waals surface area contributed by atoms with Crippen LogP contribution in [0, 0.1) is 0 Å². The van der Waals surface area contributed by atoms with E-state index < -0.39 is 10.0 Å². The van der Waals surface area contributed by atoms with Crippen molar-refractivity contribution in [2.45, 2.75) is 48.6 Å². The summed E-state index contributed by atoms with van der Waals surface area (Å²) in [6.07, 6.45) is 2.61. The zero-order valence-corrected chi connectivity index (χ0v) is 13.7. The molecule has 0 N–H and O–H groups in total. The number of fused-ring (bicyclic) bond motifs is 1. The predicted octanol–water partition coefficient (Wildman–Crippen LogP) is 2.10. The molecule has 21 heavy (non-hydrogen) atoms. The van der Waals surface area contributed by atoms with Crippen LogP contribution in [0.4, 0.5) is 0 Å². The molecule has 0 aromatic carbocycles. The summed E-state index contributed by atoms with van der Waals surface area (Å²) in [4.78, 5) is 0. The molecule has 0 unspecified atom stereocenters. The van der Waals surface area contributed by atoms with Crippen molar-refractivity contribution in [1.29, 1.82) is 0 Å². The molecule has 5 nitrogen and oxygen atoms in total. The van der Waals surface area contributed by atoms with Crippen molar-refractivity contribution in [2.75, 3.05) is 19.8 Å². The van der Waals surface area contributed by atoms with Gasteiger partial charge < -0.3 is 9.47 Å². The second-order valence-corrected chi connectivity index (χ2v) is 8.50. The van der Waals surface area contributed by atoms with E-state index in [0.29, 0.717) is 24.0 Å². The molecule has 2 aliphatic heterocycles. The van der Waals surface area contributed by atoms with Gasteiger partial charge in [0.05, 0.1) is 24.9 Å². The molecule has 3 rings (SSSR count). The van der Waals surface area contributed by atoms with Crippen LogP contribution in [0.25, 0.3) is 0 Å². The number of nitrogens with zero attached hydrogens (tertiary/aromatic N) is 1. The summed E-state index contributed by atoms with van der Waals surface area (Å²) in [5, 5.41) is 1.80. The van der Waals surface area contributed by atoms with E-state index in [1.807, 2.05) is 6.92 Å². The summed E-state index contributed by atoms with van der Waals surface area (Å²) in [5.74, 6) is 0. The Balaban J connectivity index is 1.69. The lowest BCUT2D eigenvalue weighted by Crippen LogP contribution is -2.45. The van der Waals surface area contributed by atoms with Crippen molar-refractivity contribution >= 4 is 21.4 Å². The van der Waals surface area contributed by atoms with Gasteiger partial charge >= 0.3 is 0 Å². The number of ether oxygens (including phenoxy) is 2. The van der Waals surface area contributed by atoms with Crippen molar-refractivity contribution in [1.82, 2.24) is 4.31 Å². The van der Waals surface area contributed by atoms with E-state index in [9.17, 15) is 8.42 Å². The number of rotatable bonds is 5. The van der Waals surface area contributed by atoms with Gasteiger partial charge in [-0.15, -0.1) is 11.3 Å². The normalized spacial score (nSPS) is 30.4. The minimum absolute atomic E-state index is 0.0129. The smallest absolute Gasteiger partial charge is 0.252 e. The number of sulfonamides is 1. The molecule has 1 aromatic heterocycles.